The maximum atomic E-state index is 12.6. The summed E-state index contributed by atoms with van der Waals surface area (Å²) in [6, 6.07) is 16.7. The number of benzene rings is 2. The van der Waals surface area contributed by atoms with Crippen LogP contribution in [0.2, 0.25) is 0 Å². The number of amides is 2. The number of nitrogens with one attached hydrogen (secondary N) is 2. The molecular formula is C21H24N2O3. The van der Waals surface area contributed by atoms with E-state index in [-0.39, 0.29) is 17.9 Å². The summed E-state index contributed by atoms with van der Waals surface area (Å²) in [5.74, 6) is 1.02. The van der Waals surface area contributed by atoms with E-state index < -0.39 is 5.41 Å². The van der Waals surface area contributed by atoms with Gasteiger partial charge in [0, 0.05) is 11.7 Å². The van der Waals surface area contributed by atoms with Crippen molar-refractivity contribution in [2.75, 3.05) is 5.32 Å². The highest BCUT2D eigenvalue weighted by Crippen LogP contribution is 2.47. The summed E-state index contributed by atoms with van der Waals surface area (Å²) in [5.41, 5.74) is -0.263. The minimum absolute atomic E-state index is 0.0715. The molecule has 26 heavy (non-hydrogen) atoms. The highest BCUT2D eigenvalue weighted by Gasteiger charge is 2.56. The Morgan fingerprint density at radius 1 is 1.00 bits per heavy atom. The van der Waals surface area contributed by atoms with Crippen LogP contribution in [0, 0.1) is 5.41 Å². The van der Waals surface area contributed by atoms with Gasteiger partial charge in [-0.25, -0.2) is 0 Å². The van der Waals surface area contributed by atoms with Crippen LogP contribution in [0.4, 0.5) is 5.69 Å². The first-order chi connectivity index (χ1) is 12.5. The van der Waals surface area contributed by atoms with Gasteiger partial charge in [0.15, 0.2) is 0 Å². The van der Waals surface area contributed by atoms with E-state index in [0.717, 1.165) is 12.2 Å². The van der Waals surface area contributed by atoms with Crippen molar-refractivity contribution in [3.63, 3.8) is 0 Å². The fourth-order valence-corrected chi connectivity index (χ4v) is 2.63. The minimum atomic E-state index is -0.914. The Balaban J connectivity index is 1.60. The summed E-state index contributed by atoms with van der Waals surface area (Å²) in [6.07, 6.45) is 2.03. The molecule has 5 heteroatoms. The molecule has 3 rings (SSSR count). The lowest BCUT2D eigenvalue weighted by atomic mass is 10.0. The highest BCUT2D eigenvalue weighted by atomic mass is 16.5. The molecule has 0 heterocycles. The molecule has 2 amide bonds. The molecule has 0 aromatic heterocycles. The van der Waals surface area contributed by atoms with Crippen molar-refractivity contribution in [1.29, 1.82) is 0 Å². The summed E-state index contributed by atoms with van der Waals surface area (Å²) < 4.78 is 5.74. The van der Waals surface area contributed by atoms with Crippen molar-refractivity contribution in [1.82, 2.24) is 5.32 Å². The lowest BCUT2D eigenvalue weighted by Crippen LogP contribution is -2.43. The van der Waals surface area contributed by atoms with Gasteiger partial charge >= 0.3 is 0 Å². The molecule has 0 spiro atoms. The summed E-state index contributed by atoms with van der Waals surface area (Å²) in [7, 11) is 0. The van der Waals surface area contributed by atoms with Crippen molar-refractivity contribution in [3.05, 3.63) is 54.6 Å². The van der Waals surface area contributed by atoms with E-state index in [1.54, 1.807) is 24.3 Å². The molecule has 1 aliphatic carbocycles. The molecular weight excluding hydrogens is 328 g/mol. The summed E-state index contributed by atoms with van der Waals surface area (Å²) in [6.45, 7) is 3.95. The standard InChI is InChI=1S/C21H24N2O3/c1-3-15(2)22-19(24)21(13-14-21)20(25)23-16-9-11-18(12-10-16)26-17-7-5-4-6-8-17/h4-12,15H,3,13-14H2,1-2H3,(H,22,24)(H,23,25). The third-order valence-corrected chi connectivity index (χ3v) is 4.70. The van der Waals surface area contributed by atoms with Gasteiger partial charge in [-0.1, -0.05) is 25.1 Å². The monoisotopic (exact) mass is 352 g/mol. The number of ether oxygens (including phenoxy) is 1. The number of rotatable bonds is 7. The second-order valence-corrected chi connectivity index (χ2v) is 6.76. The van der Waals surface area contributed by atoms with Crippen LogP contribution in [0.25, 0.3) is 0 Å². The molecule has 0 saturated heterocycles. The van der Waals surface area contributed by atoms with Crippen molar-refractivity contribution in [2.45, 2.75) is 39.2 Å². The first-order valence-electron chi connectivity index (χ1n) is 8.99. The molecule has 1 aliphatic rings. The van der Waals surface area contributed by atoms with Crippen LogP contribution in [0.15, 0.2) is 54.6 Å². The molecule has 0 radical (unpaired) electrons. The van der Waals surface area contributed by atoms with Gasteiger partial charge in [-0.3, -0.25) is 9.59 Å². The van der Waals surface area contributed by atoms with E-state index in [1.807, 2.05) is 44.2 Å². The molecule has 1 saturated carbocycles. The maximum absolute atomic E-state index is 12.6. The lowest BCUT2D eigenvalue weighted by molar-refractivity contribution is -0.134. The van der Waals surface area contributed by atoms with E-state index in [0.29, 0.717) is 24.3 Å². The van der Waals surface area contributed by atoms with Crippen molar-refractivity contribution in [3.8, 4) is 11.5 Å². The maximum Gasteiger partial charge on any atom is 0.240 e. The van der Waals surface area contributed by atoms with Gasteiger partial charge in [-0.15, -0.1) is 0 Å². The third kappa shape index (κ3) is 4.04. The van der Waals surface area contributed by atoms with Crippen molar-refractivity contribution < 1.29 is 14.3 Å². The van der Waals surface area contributed by atoms with Crippen LogP contribution >= 0.6 is 0 Å². The highest BCUT2D eigenvalue weighted by molar-refractivity contribution is 6.13. The summed E-state index contributed by atoms with van der Waals surface area (Å²) in [5, 5.41) is 5.77. The molecule has 136 valence electrons. The van der Waals surface area contributed by atoms with Gasteiger partial charge in [0.25, 0.3) is 0 Å². The largest absolute Gasteiger partial charge is 0.457 e. The predicted octanol–water partition coefficient (Wildman–Crippen LogP) is 4.11. The van der Waals surface area contributed by atoms with Gasteiger partial charge in [0.05, 0.1) is 0 Å². The van der Waals surface area contributed by atoms with Crippen LogP contribution in [0.1, 0.15) is 33.1 Å². The quantitative estimate of drug-likeness (QED) is 0.737. The van der Waals surface area contributed by atoms with E-state index in [4.69, 9.17) is 4.74 Å². The number of hydrogen-bond acceptors (Lipinski definition) is 3. The Bertz CT molecular complexity index is 768. The van der Waals surface area contributed by atoms with Gasteiger partial charge in [-0.05, 0) is 62.6 Å². The molecule has 1 fully saturated rings. The Morgan fingerprint density at radius 3 is 2.19 bits per heavy atom. The van der Waals surface area contributed by atoms with Crippen LogP contribution < -0.4 is 15.4 Å². The SMILES string of the molecule is CCC(C)NC(=O)C1(C(=O)Nc2ccc(Oc3ccccc3)cc2)CC1. The first kappa shape index (κ1) is 18.0. The summed E-state index contributed by atoms with van der Waals surface area (Å²) in [4.78, 5) is 25.0. The molecule has 2 aromatic rings. The van der Waals surface area contributed by atoms with Crippen molar-refractivity contribution in [2.24, 2.45) is 5.41 Å². The van der Waals surface area contributed by atoms with E-state index >= 15 is 0 Å². The summed E-state index contributed by atoms with van der Waals surface area (Å²) >= 11 is 0. The van der Waals surface area contributed by atoms with E-state index in [1.165, 1.54) is 0 Å². The van der Waals surface area contributed by atoms with Gasteiger partial charge in [0.2, 0.25) is 11.8 Å². The number of carbonyl (C=O) groups is 2. The van der Waals surface area contributed by atoms with Crippen LogP contribution in [-0.4, -0.2) is 17.9 Å². The zero-order valence-corrected chi connectivity index (χ0v) is 15.1. The van der Waals surface area contributed by atoms with Gasteiger partial charge < -0.3 is 15.4 Å². The average Bonchev–Trinajstić information content (AvgIpc) is 3.46. The Labute approximate surface area is 153 Å². The molecule has 1 atom stereocenters. The fraction of sp³-hybridized carbons (Fsp3) is 0.333. The van der Waals surface area contributed by atoms with E-state index in [9.17, 15) is 9.59 Å². The Morgan fingerprint density at radius 2 is 1.62 bits per heavy atom. The molecule has 5 nitrogen and oxygen atoms in total. The topological polar surface area (TPSA) is 67.4 Å². The lowest BCUT2D eigenvalue weighted by Gasteiger charge is -2.18. The van der Waals surface area contributed by atoms with Gasteiger partial charge in [0.1, 0.15) is 16.9 Å². The molecule has 2 N–H and O–H groups in total. The Kier molecular flexibility index (Phi) is 5.26. The zero-order chi connectivity index (χ0) is 18.6. The second kappa shape index (κ2) is 7.60. The van der Waals surface area contributed by atoms with E-state index in [2.05, 4.69) is 10.6 Å². The zero-order valence-electron chi connectivity index (χ0n) is 15.1. The minimum Gasteiger partial charge on any atom is -0.457 e. The molecule has 0 aliphatic heterocycles. The molecule has 0 bridgehead atoms. The van der Waals surface area contributed by atoms with Crippen LogP contribution in [0.3, 0.4) is 0 Å². The fourth-order valence-electron chi connectivity index (χ4n) is 2.63. The van der Waals surface area contributed by atoms with Gasteiger partial charge in [-0.2, -0.15) is 0 Å². The molecule has 2 aromatic carbocycles. The number of hydrogen-bond donors (Lipinski definition) is 2. The number of carbonyl (C=O) groups excluding carboxylic acids is 2. The van der Waals surface area contributed by atoms with Crippen LogP contribution in [-0.2, 0) is 9.59 Å². The first-order valence-corrected chi connectivity index (χ1v) is 8.99. The van der Waals surface area contributed by atoms with Crippen LogP contribution in [0.5, 0.6) is 11.5 Å². The Hall–Kier alpha value is -2.82. The normalized spacial score (nSPS) is 15.6. The molecule has 1 unspecified atom stereocenters. The third-order valence-electron chi connectivity index (χ3n) is 4.70. The van der Waals surface area contributed by atoms with Crippen molar-refractivity contribution >= 4 is 17.5 Å². The number of para-hydroxylation sites is 1. The number of anilines is 1. The average molecular weight is 352 g/mol. The predicted molar refractivity (Wildman–Crippen MR) is 101 cm³/mol. The second-order valence-electron chi connectivity index (χ2n) is 6.76. The smallest absolute Gasteiger partial charge is 0.240 e.